The Morgan fingerprint density at radius 3 is 2.88 bits per heavy atom. The van der Waals surface area contributed by atoms with Gasteiger partial charge in [-0.15, -0.1) is 11.8 Å². The van der Waals surface area contributed by atoms with E-state index in [4.69, 9.17) is 16.7 Å². The van der Waals surface area contributed by atoms with Crippen molar-refractivity contribution < 1.29 is 15.0 Å². The molecule has 2 unspecified atom stereocenters. The van der Waals surface area contributed by atoms with E-state index < -0.39 is 12.0 Å². The van der Waals surface area contributed by atoms with Crippen molar-refractivity contribution in [3.8, 4) is 5.75 Å². The third-order valence-corrected chi connectivity index (χ3v) is 4.42. The normalized spacial score (nSPS) is 23.9. The lowest BCUT2D eigenvalue weighted by molar-refractivity contribution is -0.138. The van der Waals surface area contributed by atoms with E-state index in [1.807, 2.05) is 0 Å². The Kier molecular flexibility index (Phi) is 3.87. The van der Waals surface area contributed by atoms with Crippen LogP contribution >= 0.6 is 39.3 Å². The van der Waals surface area contributed by atoms with Crippen LogP contribution in [-0.4, -0.2) is 28.0 Å². The van der Waals surface area contributed by atoms with Gasteiger partial charge in [0.1, 0.15) is 11.8 Å². The van der Waals surface area contributed by atoms with Crippen molar-refractivity contribution in [1.29, 1.82) is 0 Å². The number of carboxylic acids is 1. The van der Waals surface area contributed by atoms with Crippen molar-refractivity contribution in [2.75, 3.05) is 5.75 Å². The van der Waals surface area contributed by atoms with Gasteiger partial charge in [0.15, 0.2) is 0 Å². The molecule has 0 aliphatic carbocycles. The first kappa shape index (κ1) is 13.0. The second-order valence-electron chi connectivity index (χ2n) is 3.60. The zero-order valence-electron chi connectivity index (χ0n) is 8.48. The van der Waals surface area contributed by atoms with Crippen LogP contribution in [0.4, 0.5) is 0 Å². The molecule has 1 aliphatic rings. The minimum absolute atomic E-state index is 0.00842. The van der Waals surface area contributed by atoms with Crippen molar-refractivity contribution >= 4 is 45.3 Å². The van der Waals surface area contributed by atoms with E-state index in [2.05, 4.69) is 21.2 Å². The zero-order valence-corrected chi connectivity index (χ0v) is 11.6. The highest BCUT2D eigenvalue weighted by Crippen LogP contribution is 2.41. The lowest BCUT2D eigenvalue weighted by atomic mass is 10.2. The van der Waals surface area contributed by atoms with Gasteiger partial charge in [0.2, 0.25) is 0 Å². The highest BCUT2D eigenvalue weighted by Gasteiger charge is 2.32. The molecule has 1 aliphatic heterocycles. The molecule has 7 heteroatoms. The maximum Gasteiger partial charge on any atom is 0.321 e. The molecule has 2 rings (SSSR count). The molecule has 17 heavy (non-hydrogen) atoms. The van der Waals surface area contributed by atoms with Crippen LogP contribution < -0.4 is 5.32 Å². The quantitative estimate of drug-likeness (QED) is 0.773. The number of carbonyl (C=O) groups is 1. The molecule has 2 atom stereocenters. The number of aromatic hydroxyl groups is 1. The topological polar surface area (TPSA) is 69.6 Å². The van der Waals surface area contributed by atoms with Crippen LogP contribution in [0.2, 0.25) is 5.02 Å². The van der Waals surface area contributed by atoms with E-state index in [9.17, 15) is 9.90 Å². The second kappa shape index (κ2) is 5.06. The standard InChI is InChI=1S/C10H9BrClNO3S/c11-4-1-5(8(14)6(12)2-4)9-13-7(3-17-9)10(15)16/h1-2,7,9,13-14H,3H2,(H,15,16). The van der Waals surface area contributed by atoms with Gasteiger partial charge >= 0.3 is 5.97 Å². The molecule has 0 spiro atoms. The van der Waals surface area contributed by atoms with Crippen molar-refractivity contribution in [3.63, 3.8) is 0 Å². The van der Waals surface area contributed by atoms with Crippen LogP contribution in [-0.2, 0) is 4.79 Å². The molecular formula is C10H9BrClNO3S. The molecule has 1 fully saturated rings. The molecule has 3 N–H and O–H groups in total. The van der Waals surface area contributed by atoms with E-state index in [-0.39, 0.29) is 16.1 Å². The first-order valence-electron chi connectivity index (χ1n) is 4.77. The summed E-state index contributed by atoms with van der Waals surface area (Å²) in [5, 5.41) is 21.7. The molecule has 0 bridgehead atoms. The van der Waals surface area contributed by atoms with Gasteiger partial charge in [-0.05, 0) is 12.1 Å². The minimum atomic E-state index is -0.888. The Morgan fingerprint density at radius 2 is 2.29 bits per heavy atom. The van der Waals surface area contributed by atoms with Gasteiger partial charge in [0.05, 0.1) is 10.4 Å². The molecule has 1 heterocycles. The summed E-state index contributed by atoms with van der Waals surface area (Å²) in [7, 11) is 0. The summed E-state index contributed by atoms with van der Waals surface area (Å²) in [5.74, 6) is -0.435. The fourth-order valence-electron chi connectivity index (χ4n) is 1.58. The number of thioether (sulfide) groups is 1. The Labute approximate surface area is 115 Å². The smallest absolute Gasteiger partial charge is 0.321 e. The average Bonchev–Trinajstić information content (AvgIpc) is 2.72. The first-order valence-corrected chi connectivity index (χ1v) is 6.99. The number of phenols is 1. The third kappa shape index (κ3) is 2.70. The molecule has 0 saturated carbocycles. The number of hydrogen-bond acceptors (Lipinski definition) is 4. The monoisotopic (exact) mass is 337 g/mol. The highest BCUT2D eigenvalue weighted by atomic mass is 79.9. The van der Waals surface area contributed by atoms with Crippen molar-refractivity contribution in [3.05, 3.63) is 27.2 Å². The van der Waals surface area contributed by atoms with Crippen molar-refractivity contribution in [2.24, 2.45) is 0 Å². The number of rotatable bonds is 2. The van der Waals surface area contributed by atoms with Crippen LogP contribution in [0.25, 0.3) is 0 Å². The van der Waals surface area contributed by atoms with Crippen molar-refractivity contribution in [1.82, 2.24) is 5.32 Å². The predicted octanol–water partition coefficient (Wildman–Crippen LogP) is 2.60. The summed E-state index contributed by atoms with van der Waals surface area (Å²) in [5.41, 5.74) is 0.595. The van der Waals surface area contributed by atoms with Gasteiger partial charge in [-0.2, -0.15) is 0 Å². The summed E-state index contributed by atoms with van der Waals surface area (Å²) < 4.78 is 0.747. The van der Waals surface area contributed by atoms with Gasteiger partial charge < -0.3 is 10.2 Å². The Bertz CT molecular complexity index is 471. The van der Waals surface area contributed by atoms with Crippen LogP contribution in [0.5, 0.6) is 5.75 Å². The van der Waals surface area contributed by atoms with Gasteiger partial charge in [-0.25, -0.2) is 0 Å². The molecule has 0 amide bonds. The van der Waals surface area contributed by atoms with Crippen LogP contribution in [0.1, 0.15) is 10.9 Å². The SMILES string of the molecule is O=C(O)C1CSC(c2cc(Br)cc(Cl)c2O)N1. The predicted molar refractivity (Wildman–Crippen MR) is 70.6 cm³/mol. The Balaban J connectivity index is 2.27. The Hall–Kier alpha value is -0.430. The average molecular weight is 339 g/mol. The zero-order chi connectivity index (χ0) is 12.6. The van der Waals surface area contributed by atoms with E-state index in [0.29, 0.717) is 11.3 Å². The molecule has 1 aromatic rings. The van der Waals surface area contributed by atoms with Gasteiger partial charge in [-0.1, -0.05) is 27.5 Å². The Morgan fingerprint density at radius 1 is 1.59 bits per heavy atom. The van der Waals surface area contributed by atoms with E-state index >= 15 is 0 Å². The maximum absolute atomic E-state index is 10.8. The number of hydrogen-bond donors (Lipinski definition) is 3. The molecule has 92 valence electrons. The molecule has 0 radical (unpaired) electrons. The third-order valence-electron chi connectivity index (χ3n) is 2.42. The second-order valence-corrected chi connectivity index (χ2v) is 6.06. The number of phenolic OH excluding ortho intramolecular Hbond substituents is 1. The van der Waals surface area contributed by atoms with E-state index in [1.54, 1.807) is 12.1 Å². The van der Waals surface area contributed by atoms with E-state index in [0.717, 1.165) is 4.47 Å². The van der Waals surface area contributed by atoms with Crippen molar-refractivity contribution in [2.45, 2.75) is 11.4 Å². The fourth-order valence-corrected chi connectivity index (χ4v) is 3.66. The molecule has 4 nitrogen and oxygen atoms in total. The first-order chi connectivity index (χ1) is 7.99. The van der Waals surface area contributed by atoms with Gasteiger partial charge in [-0.3, -0.25) is 10.1 Å². The van der Waals surface area contributed by atoms with Crippen LogP contribution in [0, 0.1) is 0 Å². The highest BCUT2D eigenvalue weighted by molar-refractivity contribution is 9.10. The number of benzene rings is 1. The van der Waals surface area contributed by atoms with Gasteiger partial charge in [0, 0.05) is 15.8 Å². The number of halogens is 2. The fraction of sp³-hybridized carbons (Fsp3) is 0.300. The van der Waals surface area contributed by atoms with E-state index in [1.165, 1.54) is 11.8 Å². The number of aliphatic carboxylic acids is 1. The summed E-state index contributed by atoms with van der Waals surface area (Å²) in [6.07, 6.45) is 0. The number of carboxylic acid groups (broad SMARTS) is 1. The van der Waals surface area contributed by atoms with Crippen LogP contribution in [0.3, 0.4) is 0 Å². The number of nitrogens with one attached hydrogen (secondary N) is 1. The summed E-state index contributed by atoms with van der Waals surface area (Å²) in [6, 6.07) is 2.73. The van der Waals surface area contributed by atoms with Crippen LogP contribution in [0.15, 0.2) is 16.6 Å². The molecule has 1 aromatic carbocycles. The molecule has 1 saturated heterocycles. The molecule has 0 aromatic heterocycles. The molecular weight excluding hydrogens is 330 g/mol. The summed E-state index contributed by atoms with van der Waals surface area (Å²) in [4.78, 5) is 10.8. The summed E-state index contributed by atoms with van der Waals surface area (Å²) in [6.45, 7) is 0. The largest absolute Gasteiger partial charge is 0.506 e. The lowest BCUT2D eigenvalue weighted by Crippen LogP contribution is -2.33. The summed E-state index contributed by atoms with van der Waals surface area (Å²) >= 11 is 10.6. The minimum Gasteiger partial charge on any atom is -0.506 e. The maximum atomic E-state index is 10.8. The lowest BCUT2D eigenvalue weighted by Gasteiger charge is -2.14. The van der Waals surface area contributed by atoms with Gasteiger partial charge in [0.25, 0.3) is 0 Å².